The van der Waals surface area contributed by atoms with Gasteiger partial charge in [0.15, 0.2) is 0 Å². The molecule has 0 aliphatic rings. The maximum atomic E-state index is 12.3. The molecule has 2 aromatic rings. The molecule has 0 saturated carbocycles. The van der Waals surface area contributed by atoms with Crippen LogP contribution in [0.4, 0.5) is 5.69 Å². The minimum Gasteiger partial charge on any atom is -0.389 e. The standard InChI is InChI=1S/C15H13IN2OS/c1-9-4-2-7-12(13(9)14(17)20)18-15(19)10-5-3-6-11(16)8-10/h2-8H,1H3,(H2,17,20)(H,18,19). The van der Waals surface area contributed by atoms with Crippen molar-refractivity contribution in [2.24, 2.45) is 5.73 Å². The molecule has 0 heterocycles. The summed E-state index contributed by atoms with van der Waals surface area (Å²) >= 11 is 7.22. The Morgan fingerprint density at radius 1 is 1.25 bits per heavy atom. The van der Waals surface area contributed by atoms with Crippen LogP contribution >= 0.6 is 34.8 Å². The fourth-order valence-electron chi connectivity index (χ4n) is 1.92. The van der Waals surface area contributed by atoms with E-state index >= 15 is 0 Å². The Hall–Kier alpha value is -1.47. The number of halogens is 1. The lowest BCUT2D eigenvalue weighted by atomic mass is 10.1. The van der Waals surface area contributed by atoms with Crippen LogP contribution < -0.4 is 11.1 Å². The molecule has 0 aliphatic carbocycles. The van der Waals surface area contributed by atoms with Crippen molar-refractivity contribution in [1.29, 1.82) is 0 Å². The predicted molar refractivity (Wildman–Crippen MR) is 94.2 cm³/mol. The van der Waals surface area contributed by atoms with Gasteiger partial charge in [-0.2, -0.15) is 0 Å². The third-order valence-corrected chi connectivity index (χ3v) is 3.73. The van der Waals surface area contributed by atoms with Gasteiger partial charge in [-0.05, 0) is 59.3 Å². The second-order valence-electron chi connectivity index (χ2n) is 4.33. The maximum Gasteiger partial charge on any atom is 0.255 e. The van der Waals surface area contributed by atoms with Gasteiger partial charge in [-0.15, -0.1) is 0 Å². The molecule has 3 nitrogen and oxygen atoms in total. The van der Waals surface area contributed by atoms with Gasteiger partial charge in [0.05, 0.1) is 5.69 Å². The molecule has 1 amide bonds. The van der Waals surface area contributed by atoms with Gasteiger partial charge in [0.25, 0.3) is 5.91 Å². The lowest BCUT2D eigenvalue weighted by Crippen LogP contribution is -2.18. The van der Waals surface area contributed by atoms with Crippen LogP contribution in [0.3, 0.4) is 0 Å². The van der Waals surface area contributed by atoms with Gasteiger partial charge in [0.1, 0.15) is 4.99 Å². The summed E-state index contributed by atoms with van der Waals surface area (Å²) in [7, 11) is 0. The molecule has 0 unspecified atom stereocenters. The van der Waals surface area contributed by atoms with Crippen molar-refractivity contribution in [2.75, 3.05) is 5.32 Å². The first-order valence-corrected chi connectivity index (χ1v) is 7.44. The van der Waals surface area contributed by atoms with Crippen LogP contribution in [0.25, 0.3) is 0 Å². The fraction of sp³-hybridized carbons (Fsp3) is 0.0667. The SMILES string of the molecule is Cc1cccc(NC(=O)c2cccc(I)c2)c1C(N)=S. The molecule has 0 bridgehead atoms. The summed E-state index contributed by atoms with van der Waals surface area (Å²) in [4.78, 5) is 12.5. The zero-order chi connectivity index (χ0) is 14.7. The first-order valence-electron chi connectivity index (χ1n) is 5.95. The molecule has 0 radical (unpaired) electrons. The number of anilines is 1. The van der Waals surface area contributed by atoms with Crippen LogP contribution in [0.1, 0.15) is 21.5 Å². The number of amides is 1. The molecule has 0 aromatic heterocycles. The Morgan fingerprint density at radius 3 is 2.60 bits per heavy atom. The maximum absolute atomic E-state index is 12.3. The van der Waals surface area contributed by atoms with Crippen molar-refractivity contribution in [3.63, 3.8) is 0 Å². The van der Waals surface area contributed by atoms with Crippen molar-refractivity contribution in [3.8, 4) is 0 Å². The lowest BCUT2D eigenvalue weighted by Gasteiger charge is -2.12. The van der Waals surface area contributed by atoms with E-state index in [1.807, 2.05) is 37.3 Å². The van der Waals surface area contributed by atoms with Gasteiger partial charge >= 0.3 is 0 Å². The Kier molecular flexibility index (Phi) is 4.72. The molecule has 2 rings (SSSR count). The van der Waals surface area contributed by atoms with Crippen molar-refractivity contribution in [3.05, 3.63) is 62.7 Å². The molecule has 20 heavy (non-hydrogen) atoms. The Bertz CT molecular complexity index is 685. The average Bonchev–Trinajstić information content (AvgIpc) is 2.38. The summed E-state index contributed by atoms with van der Waals surface area (Å²) in [6, 6.07) is 13.0. The van der Waals surface area contributed by atoms with Crippen molar-refractivity contribution < 1.29 is 4.79 Å². The van der Waals surface area contributed by atoms with Crippen molar-refractivity contribution >= 4 is 51.4 Å². The normalized spacial score (nSPS) is 10.1. The third kappa shape index (κ3) is 3.34. The molecule has 0 saturated heterocycles. The molecule has 5 heteroatoms. The van der Waals surface area contributed by atoms with Crippen LogP contribution in [-0.2, 0) is 0 Å². The minimum atomic E-state index is -0.174. The second-order valence-corrected chi connectivity index (χ2v) is 6.01. The number of hydrogen-bond acceptors (Lipinski definition) is 2. The number of nitrogens with one attached hydrogen (secondary N) is 1. The number of thiocarbonyl (C=S) groups is 1. The zero-order valence-electron chi connectivity index (χ0n) is 10.8. The predicted octanol–water partition coefficient (Wildman–Crippen LogP) is 3.49. The quantitative estimate of drug-likeness (QED) is 0.617. The Balaban J connectivity index is 2.33. The topological polar surface area (TPSA) is 55.1 Å². The van der Waals surface area contributed by atoms with E-state index in [0.717, 1.165) is 9.13 Å². The van der Waals surface area contributed by atoms with Crippen LogP contribution in [0.15, 0.2) is 42.5 Å². The molecular weight excluding hydrogens is 383 g/mol. The highest BCUT2D eigenvalue weighted by Gasteiger charge is 2.12. The van der Waals surface area contributed by atoms with E-state index < -0.39 is 0 Å². The van der Waals surface area contributed by atoms with Crippen molar-refractivity contribution in [2.45, 2.75) is 6.92 Å². The largest absolute Gasteiger partial charge is 0.389 e. The first kappa shape index (κ1) is 14.9. The average molecular weight is 396 g/mol. The van der Waals surface area contributed by atoms with E-state index in [-0.39, 0.29) is 10.9 Å². The van der Waals surface area contributed by atoms with Crippen LogP contribution in [0, 0.1) is 10.5 Å². The van der Waals surface area contributed by atoms with Gasteiger partial charge in [-0.1, -0.05) is 30.4 Å². The van der Waals surface area contributed by atoms with E-state index in [1.54, 1.807) is 12.1 Å². The molecule has 0 fully saturated rings. The highest BCUT2D eigenvalue weighted by molar-refractivity contribution is 14.1. The van der Waals surface area contributed by atoms with Gasteiger partial charge in [-0.25, -0.2) is 0 Å². The molecule has 0 spiro atoms. The fourth-order valence-corrected chi connectivity index (χ4v) is 2.74. The number of carbonyl (C=O) groups is 1. The number of carbonyl (C=O) groups excluding carboxylic acids is 1. The highest BCUT2D eigenvalue weighted by Crippen LogP contribution is 2.20. The molecule has 2 aromatic carbocycles. The van der Waals surface area contributed by atoms with E-state index in [9.17, 15) is 4.79 Å². The van der Waals surface area contributed by atoms with Crippen LogP contribution in [-0.4, -0.2) is 10.9 Å². The van der Waals surface area contributed by atoms with Crippen molar-refractivity contribution in [1.82, 2.24) is 0 Å². The third-order valence-electron chi connectivity index (χ3n) is 2.85. The molecule has 102 valence electrons. The summed E-state index contributed by atoms with van der Waals surface area (Å²) in [5, 5.41) is 2.87. The van der Waals surface area contributed by atoms with Crippen LogP contribution in [0.2, 0.25) is 0 Å². The summed E-state index contributed by atoms with van der Waals surface area (Å²) in [5.41, 5.74) is 8.63. The number of nitrogens with two attached hydrogens (primary N) is 1. The van der Waals surface area contributed by atoms with E-state index in [2.05, 4.69) is 27.9 Å². The number of rotatable bonds is 3. The van der Waals surface area contributed by atoms with Crippen LogP contribution in [0.5, 0.6) is 0 Å². The summed E-state index contributed by atoms with van der Waals surface area (Å²) < 4.78 is 1.01. The van der Waals surface area contributed by atoms with E-state index in [1.165, 1.54) is 0 Å². The highest BCUT2D eigenvalue weighted by atomic mass is 127. The Morgan fingerprint density at radius 2 is 1.95 bits per heavy atom. The molecule has 3 N–H and O–H groups in total. The summed E-state index contributed by atoms with van der Waals surface area (Å²) in [6.07, 6.45) is 0. The number of aryl methyl sites for hydroxylation is 1. The summed E-state index contributed by atoms with van der Waals surface area (Å²) in [6.45, 7) is 1.91. The monoisotopic (exact) mass is 396 g/mol. The minimum absolute atomic E-state index is 0.174. The Labute approximate surface area is 136 Å². The molecule has 0 atom stereocenters. The summed E-state index contributed by atoms with van der Waals surface area (Å²) in [5.74, 6) is -0.174. The smallest absolute Gasteiger partial charge is 0.255 e. The molecule has 0 aliphatic heterocycles. The number of hydrogen-bond donors (Lipinski definition) is 2. The van der Waals surface area contributed by atoms with E-state index in [4.69, 9.17) is 18.0 Å². The molecular formula is C15H13IN2OS. The lowest BCUT2D eigenvalue weighted by molar-refractivity contribution is 0.102. The second kappa shape index (κ2) is 6.32. The first-order chi connectivity index (χ1) is 9.49. The van der Waals surface area contributed by atoms with Gasteiger partial charge < -0.3 is 11.1 Å². The van der Waals surface area contributed by atoms with Gasteiger partial charge in [-0.3, -0.25) is 4.79 Å². The zero-order valence-corrected chi connectivity index (χ0v) is 13.8. The number of benzene rings is 2. The van der Waals surface area contributed by atoms with Gasteiger partial charge in [0, 0.05) is 14.7 Å². The van der Waals surface area contributed by atoms with E-state index in [0.29, 0.717) is 16.8 Å². The van der Waals surface area contributed by atoms with Gasteiger partial charge in [0.2, 0.25) is 0 Å².